The number of rotatable bonds is 6. The summed E-state index contributed by atoms with van der Waals surface area (Å²) in [6, 6.07) is 9.86. The van der Waals surface area contributed by atoms with E-state index in [4.69, 9.17) is 19.6 Å². The maximum absolute atomic E-state index is 14.2. The minimum absolute atomic E-state index is 0.0191. The summed E-state index contributed by atoms with van der Waals surface area (Å²) >= 11 is 0. The van der Waals surface area contributed by atoms with E-state index < -0.39 is 6.08 Å². The predicted octanol–water partition coefficient (Wildman–Crippen LogP) is 5.10. The first-order valence-corrected chi connectivity index (χ1v) is 12.9. The highest BCUT2D eigenvalue weighted by Gasteiger charge is 2.24. The molecule has 1 aliphatic heterocycles. The predicted molar refractivity (Wildman–Crippen MR) is 141 cm³/mol. The highest BCUT2D eigenvalue weighted by atomic mass is 19.1. The van der Waals surface area contributed by atoms with Gasteiger partial charge in [0.25, 0.3) is 0 Å². The van der Waals surface area contributed by atoms with E-state index in [1.165, 1.54) is 0 Å². The average molecular weight is 517 g/mol. The number of benzene rings is 1. The van der Waals surface area contributed by atoms with Crippen LogP contribution in [-0.4, -0.2) is 43.4 Å². The van der Waals surface area contributed by atoms with Crippen molar-refractivity contribution in [2.45, 2.75) is 46.1 Å². The molecule has 0 atom stereocenters. The number of aromatic nitrogens is 4. The summed E-state index contributed by atoms with van der Waals surface area (Å²) in [6.45, 7) is 5.65. The summed E-state index contributed by atoms with van der Waals surface area (Å²) in [4.78, 5) is 26.2. The van der Waals surface area contributed by atoms with E-state index in [0.29, 0.717) is 35.9 Å². The summed E-state index contributed by atoms with van der Waals surface area (Å²) in [7, 11) is 0. The number of imidazole rings is 1. The van der Waals surface area contributed by atoms with Gasteiger partial charge in [-0.1, -0.05) is 0 Å². The zero-order valence-corrected chi connectivity index (χ0v) is 21.4. The molecule has 1 amide bonds. The smallest absolute Gasteiger partial charge is 0.312 e. The number of anilines is 1. The number of amides is 1. The molecule has 1 saturated heterocycles. The molecule has 196 valence electrons. The molecule has 38 heavy (non-hydrogen) atoms. The van der Waals surface area contributed by atoms with Crippen molar-refractivity contribution in [1.29, 1.82) is 0 Å². The number of carbonyl (C=O) groups excluding carboxylic acids is 1. The van der Waals surface area contributed by atoms with Crippen LogP contribution in [0.3, 0.4) is 0 Å². The van der Waals surface area contributed by atoms with Crippen molar-refractivity contribution >= 4 is 33.9 Å². The van der Waals surface area contributed by atoms with Gasteiger partial charge in [0.05, 0.1) is 6.26 Å². The molecule has 4 aromatic heterocycles. The third-order valence-corrected chi connectivity index (χ3v) is 7.53. The maximum Gasteiger partial charge on any atom is 0.312 e. The van der Waals surface area contributed by atoms with E-state index in [-0.39, 0.29) is 11.7 Å². The number of hydrogen-bond acceptors (Lipinski definition) is 7. The van der Waals surface area contributed by atoms with Crippen molar-refractivity contribution in [3.05, 3.63) is 59.8 Å². The molecular formula is C28H29FN6O3. The number of nitrogens with zero attached hydrogens (tertiary/aromatic N) is 5. The third-order valence-electron chi connectivity index (χ3n) is 7.53. The van der Waals surface area contributed by atoms with Gasteiger partial charge in [-0.05, 0) is 68.0 Å². The average Bonchev–Trinajstić information content (AvgIpc) is 3.61. The van der Waals surface area contributed by atoms with Gasteiger partial charge >= 0.3 is 6.08 Å². The first-order valence-electron chi connectivity index (χ1n) is 12.9. The summed E-state index contributed by atoms with van der Waals surface area (Å²) in [5, 5.41) is 0.973. The van der Waals surface area contributed by atoms with Crippen LogP contribution in [0.5, 0.6) is 0 Å². The second-order valence-corrected chi connectivity index (χ2v) is 10.0. The maximum atomic E-state index is 14.2. The molecule has 0 radical (unpaired) electrons. The highest BCUT2D eigenvalue weighted by Crippen LogP contribution is 2.33. The van der Waals surface area contributed by atoms with Gasteiger partial charge in [0, 0.05) is 43.9 Å². The van der Waals surface area contributed by atoms with Crippen molar-refractivity contribution in [3.63, 3.8) is 0 Å². The van der Waals surface area contributed by atoms with Gasteiger partial charge in [0.2, 0.25) is 5.91 Å². The van der Waals surface area contributed by atoms with Gasteiger partial charge in [0.1, 0.15) is 22.9 Å². The van der Waals surface area contributed by atoms with Crippen LogP contribution in [0.25, 0.3) is 33.5 Å². The SMILES string of the molecule is CC(=O)N1CCC(CCn2c(Cc3cc4occc4cc3-c3ccc(C)o3)nc3c(N)nc(F)nc32)CC1. The van der Waals surface area contributed by atoms with E-state index >= 15 is 0 Å². The number of likely N-dealkylation sites (tertiary alicyclic amines) is 1. The minimum Gasteiger partial charge on any atom is -0.464 e. The van der Waals surface area contributed by atoms with Crippen molar-refractivity contribution in [2.24, 2.45) is 5.92 Å². The second-order valence-electron chi connectivity index (χ2n) is 10.0. The molecule has 5 heterocycles. The molecule has 1 aliphatic rings. The fourth-order valence-electron chi connectivity index (χ4n) is 5.43. The van der Waals surface area contributed by atoms with Gasteiger partial charge in [-0.2, -0.15) is 14.4 Å². The van der Waals surface area contributed by atoms with Crippen LogP contribution in [0.2, 0.25) is 0 Å². The third kappa shape index (κ3) is 4.51. The number of fused-ring (bicyclic) bond motifs is 2. The Morgan fingerprint density at radius 1 is 1.16 bits per heavy atom. The fourth-order valence-corrected chi connectivity index (χ4v) is 5.43. The van der Waals surface area contributed by atoms with Crippen LogP contribution in [0.15, 0.2) is 45.4 Å². The standard InChI is InChI=1S/C28H29FN6O3/c1-16-3-4-22(38-16)21-13-19-8-12-37-23(19)14-20(21)15-24-31-25-26(30)32-28(29)33-27(25)35(24)11-7-18-5-9-34(10-6-18)17(2)36/h3-4,8,12-14,18H,5-7,9-11,15H2,1-2H3,(H2,30,32,33). The Bertz CT molecular complexity index is 1640. The van der Waals surface area contributed by atoms with Gasteiger partial charge in [-0.3, -0.25) is 4.79 Å². The van der Waals surface area contributed by atoms with Gasteiger partial charge in [0.15, 0.2) is 17.0 Å². The number of halogens is 1. The van der Waals surface area contributed by atoms with Gasteiger partial charge in [-0.15, -0.1) is 0 Å². The topological polar surface area (TPSA) is 116 Å². The summed E-state index contributed by atoms with van der Waals surface area (Å²) in [5.74, 6) is 2.87. The summed E-state index contributed by atoms with van der Waals surface area (Å²) in [6.07, 6.45) is 3.95. The molecule has 2 N–H and O–H groups in total. The van der Waals surface area contributed by atoms with Crippen LogP contribution in [0.4, 0.5) is 10.2 Å². The lowest BCUT2D eigenvalue weighted by atomic mass is 9.93. The number of nitrogen functional groups attached to an aromatic ring is 1. The van der Waals surface area contributed by atoms with E-state index in [1.54, 1.807) is 13.2 Å². The van der Waals surface area contributed by atoms with Crippen molar-refractivity contribution in [1.82, 2.24) is 24.4 Å². The lowest BCUT2D eigenvalue weighted by Crippen LogP contribution is -2.37. The van der Waals surface area contributed by atoms with E-state index in [1.807, 2.05) is 40.7 Å². The molecular weight excluding hydrogens is 487 g/mol. The quantitative estimate of drug-likeness (QED) is 0.312. The molecule has 0 saturated carbocycles. The van der Waals surface area contributed by atoms with Crippen molar-refractivity contribution < 1.29 is 18.0 Å². The number of aryl methyl sites for hydroxylation is 2. The molecule has 10 heteroatoms. The summed E-state index contributed by atoms with van der Waals surface area (Å²) in [5.41, 5.74) is 9.50. The monoisotopic (exact) mass is 516 g/mol. The lowest BCUT2D eigenvalue weighted by Gasteiger charge is -2.31. The molecule has 1 aromatic carbocycles. The molecule has 9 nitrogen and oxygen atoms in total. The normalized spacial score (nSPS) is 14.7. The Balaban J connectivity index is 1.37. The van der Waals surface area contributed by atoms with Crippen molar-refractivity contribution in [3.8, 4) is 11.3 Å². The lowest BCUT2D eigenvalue weighted by molar-refractivity contribution is -0.130. The summed E-state index contributed by atoms with van der Waals surface area (Å²) < 4.78 is 27.9. The van der Waals surface area contributed by atoms with Crippen LogP contribution >= 0.6 is 0 Å². The Morgan fingerprint density at radius 3 is 2.71 bits per heavy atom. The van der Waals surface area contributed by atoms with Crippen LogP contribution in [0.1, 0.15) is 43.3 Å². The van der Waals surface area contributed by atoms with Crippen molar-refractivity contribution in [2.75, 3.05) is 18.8 Å². The van der Waals surface area contributed by atoms with E-state index in [2.05, 4.69) is 16.0 Å². The minimum atomic E-state index is -0.874. The zero-order valence-electron chi connectivity index (χ0n) is 21.4. The number of hydrogen-bond donors (Lipinski definition) is 1. The van der Waals surface area contributed by atoms with E-state index in [0.717, 1.165) is 66.0 Å². The van der Waals surface area contributed by atoms with E-state index in [9.17, 15) is 9.18 Å². The first-order chi connectivity index (χ1) is 18.4. The Kier molecular flexibility index (Phi) is 6.09. The molecule has 0 spiro atoms. The van der Waals surface area contributed by atoms with Gasteiger partial charge in [-0.25, -0.2) is 4.98 Å². The molecule has 0 unspecified atom stereocenters. The number of carbonyl (C=O) groups is 1. The number of furan rings is 2. The van der Waals surface area contributed by atoms with Gasteiger partial charge < -0.3 is 24.0 Å². The fraction of sp³-hybridized carbons (Fsp3) is 0.357. The molecule has 6 rings (SSSR count). The zero-order chi connectivity index (χ0) is 26.4. The van der Waals surface area contributed by atoms with Crippen LogP contribution in [0, 0.1) is 18.9 Å². The molecule has 0 aliphatic carbocycles. The largest absolute Gasteiger partial charge is 0.464 e. The van der Waals surface area contributed by atoms with Crippen LogP contribution < -0.4 is 5.73 Å². The molecule has 0 bridgehead atoms. The second kappa shape index (κ2) is 9.59. The Morgan fingerprint density at radius 2 is 1.97 bits per heavy atom. The van der Waals surface area contributed by atoms with Crippen LogP contribution in [-0.2, 0) is 17.8 Å². The highest BCUT2D eigenvalue weighted by molar-refractivity contribution is 5.85. The number of piperidine rings is 1. The number of nitrogens with two attached hydrogens (primary N) is 1. The Labute approximate surface area is 218 Å². The molecule has 5 aromatic rings. The Hall–Kier alpha value is -4.21. The molecule has 1 fully saturated rings. The first kappa shape index (κ1) is 24.1.